The average molecular weight is 479 g/mol. The Labute approximate surface area is 196 Å². The second-order valence-electron chi connectivity index (χ2n) is 7.49. The van der Waals surface area contributed by atoms with Crippen LogP contribution in [-0.4, -0.2) is 39.2 Å². The Morgan fingerprint density at radius 3 is 2.50 bits per heavy atom. The van der Waals surface area contributed by atoms with E-state index in [1.54, 1.807) is 42.7 Å². The van der Waals surface area contributed by atoms with Gasteiger partial charge in [0.15, 0.2) is 5.82 Å². The van der Waals surface area contributed by atoms with Gasteiger partial charge in [0.1, 0.15) is 23.7 Å². The van der Waals surface area contributed by atoms with Gasteiger partial charge in [0.25, 0.3) is 10.0 Å². The van der Waals surface area contributed by atoms with E-state index in [1.165, 1.54) is 30.5 Å². The first-order valence-corrected chi connectivity index (χ1v) is 11.8. The van der Waals surface area contributed by atoms with Crippen molar-refractivity contribution in [2.24, 2.45) is 0 Å². The van der Waals surface area contributed by atoms with Gasteiger partial charge in [-0.25, -0.2) is 23.2 Å². The number of pyridine rings is 2. The normalized spacial score (nSPS) is 11.3. The standard InChI is InChI=1S/C22H22N8O3S/c1-15(2)30-14-24-28-21(30)18-9-6-10-19(25-18)26-22(31)27-20-13-16(11-12-23-20)29-34(32,33)17-7-4-3-5-8-17/h3-15H,1-2H3,(H3,23,25,26,27,29,31). The summed E-state index contributed by atoms with van der Waals surface area (Å²) < 4.78 is 29.4. The lowest BCUT2D eigenvalue weighted by Crippen LogP contribution is -2.21. The molecule has 0 atom stereocenters. The maximum atomic E-state index is 12.5. The van der Waals surface area contributed by atoms with Gasteiger partial charge in [0, 0.05) is 18.3 Å². The van der Waals surface area contributed by atoms with Gasteiger partial charge in [0.05, 0.1) is 10.6 Å². The van der Waals surface area contributed by atoms with Crippen molar-refractivity contribution in [2.75, 3.05) is 15.4 Å². The zero-order chi connectivity index (χ0) is 24.1. The van der Waals surface area contributed by atoms with Crippen molar-refractivity contribution in [1.82, 2.24) is 24.7 Å². The minimum Gasteiger partial charge on any atom is -0.310 e. The number of nitrogens with zero attached hydrogens (tertiary/aromatic N) is 5. The molecule has 0 unspecified atom stereocenters. The Kier molecular flexibility index (Phi) is 6.50. The van der Waals surface area contributed by atoms with Crippen molar-refractivity contribution in [3.05, 3.63) is 73.2 Å². The van der Waals surface area contributed by atoms with E-state index in [4.69, 9.17) is 0 Å². The molecule has 4 rings (SSSR count). The summed E-state index contributed by atoms with van der Waals surface area (Å²) in [6, 6.07) is 15.6. The van der Waals surface area contributed by atoms with E-state index >= 15 is 0 Å². The molecule has 12 heteroatoms. The smallest absolute Gasteiger partial charge is 0.310 e. The largest absolute Gasteiger partial charge is 0.326 e. The summed E-state index contributed by atoms with van der Waals surface area (Å²) >= 11 is 0. The fraction of sp³-hybridized carbons (Fsp3) is 0.136. The van der Waals surface area contributed by atoms with Gasteiger partial charge in [-0.1, -0.05) is 24.3 Å². The van der Waals surface area contributed by atoms with Crippen molar-refractivity contribution in [3.63, 3.8) is 0 Å². The highest BCUT2D eigenvalue weighted by Gasteiger charge is 2.15. The quantitative estimate of drug-likeness (QED) is 0.367. The van der Waals surface area contributed by atoms with E-state index in [2.05, 4.69) is 35.5 Å². The highest BCUT2D eigenvalue weighted by atomic mass is 32.2. The molecule has 0 fully saturated rings. The number of hydrogen-bond acceptors (Lipinski definition) is 7. The van der Waals surface area contributed by atoms with E-state index in [9.17, 15) is 13.2 Å². The highest BCUT2D eigenvalue weighted by molar-refractivity contribution is 7.92. The molecular formula is C22H22N8O3S. The fourth-order valence-electron chi connectivity index (χ4n) is 3.07. The van der Waals surface area contributed by atoms with Gasteiger partial charge in [-0.2, -0.15) is 0 Å². The zero-order valence-corrected chi connectivity index (χ0v) is 19.2. The third-order valence-corrected chi connectivity index (χ3v) is 6.05. The molecule has 4 aromatic rings. The first kappa shape index (κ1) is 22.9. The molecule has 0 aliphatic heterocycles. The van der Waals surface area contributed by atoms with Crippen molar-refractivity contribution in [2.45, 2.75) is 24.8 Å². The Hall–Kier alpha value is -4.32. The van der Waals surface area contributed by atoms with E-state index in [-0.39, 0.29) is 22.4 Å². The van der Waals surface area contributed by atoms with Gasteiger partial charge < -0.3 is 4.57 Å². The molecular weight excluding hydrogens is 456 g/mol. The highest BCUT2D eigenvalue weighted by Crippen LogP contribution is 2.20. The van der Waals surface area contributed by atoms with E-state index in [1.807, 2.05) is 18.4 Å². The number of hydrogen-bond donors (Lipinski definition) is 3. The van der Waals surface area contributed by atoms with Crippen LogP contribution in [0.3, 0.4) is 0 Å². The van der Waals surface area contributed by atoms with Crippen LogP contribution in [0.15, 0.2) is 78.1 Å². The molecule has 0 aliphatic carbocycles. The number of sulfonamides is 1. The molecule has 3 N–H and O–H groups in total. The summed E-state index contributed by atoms with van der Waals surface area (Å²) in [6.07, 6.45) is 3.01. The van der Waals surface area contributed by atoms with Gasteiger partial charge in [-0.05, 0) is 44.2 Å². The Morgan fingerprint density at radius 1 is 0.971 bits per heavy atom. The summed E-state index contributed by atoms with van der Waals surface area (Å²) in [5.74, 6) is 1.04. The Morgan fingerprint density at radius 2 is 1.74 bits per heavy atom. The summed E-state index contributed by atoms with van der Waals surface area (Å²) in [4.78, 5) is 21.1. The first-order valence-electron chi connectivity index (χ1n) is 10.3. The number of benzene rings is 1. The molecule has 0 bridgehead atoms. The van der Waals surface area contributed by atoms with Crippen molar-refractivity contribution in [1.29, 1.82) is 0 Å². The summed E-state index contributed by atoms with van der Waals surface area (Å²) in [6.45, 7) is 4.01. The summed E-state index contributed by atoms with van der Waals surface area (Å²) in [7, 11) is -3.77. The van der Waals surface area contributed by atoms with E-state index < -0.39 is 16.1 Å². The Bertz CT molecular complexity index is 1400. The second kappa shape index (κ2) is 9.67. The van der Waals surface area contributed by atoms with E-state index in [0.29, 0.717) is 17.3 Å². The molecule has 3 aromatic heterocycles. The van der Waals surface area contributed by atoms with E-state index in [0.717, 1.165) is 0 Å². The van der Waals surface area contributed by atoms with Crippen LogP contribution >= 0.6 is 0 Å². The van der Waals surface area contributed by atoms with Crippen LogP contribution in [0.5, 0.6) is 0 Å². The van der Waals surface area contributed by atoms with Crippen LogP contribution in [0, 0.1) is 0 Å². The molecule has 0 spiro atoms. The van der Waals surface area contributed by atoms with Gasteiger partial charge >= 0.3 is 6.03 Å². The SMILES string of the molecule is CC(C)n1cnnc1-c1cccc(NC(=O)Nc2cc(NS(=O)(=O)c3ccccc3)ccn2)n1. The number of carbonyl (C=O) groups excluding carboxylic acids is 1. The number of nitrogens with one attached hydrogen (secondary N) is 3. The van der Waals surface area contributed by atoms with Gasteiger partial charge in [-0.3, -0.25) is 15.4 Å². The number of urea groups is 1. The lowest BCUT2D eigenvalue weighted by molar-refractivity contribution is 0.262. The number of amides is 2. The van der Waals surface area contributed by atoms with Crippen molar-refractivity contribution >= 4 is 33.4 Å². The fourth-order valence-corrected chi connectivity index (χ4v) is 4.14. The van der Waals surface area contributed by atoms with Crippen LogP contribution in [0.4, 0.5) is 22.1 Å². The van der Waals surface area contributed by atoms with Crippen LogP contribution in [0.2, 0.25) is 0 Å². The van der Waals surface area contributed by atoms with Crippen LogP contribution < -0.4 is 15.4 Å². The summed E-state index contributed by atoms with van der Waals surface area (Å²) in [5, 5.41) is 13.3. The number of aromatic nitrogens is 5. The molecule has 0 saturated carbocycles. The predicted octanol–water partition coefficient (Wildman–Crippen LogP) is 3.76. The van der Waals surface area contributed by atoms with Crippen molar-refractivity contribution < 1.29 is 13.2 Å². The first-order chi connectivity index (χ1) is 16.3. The molecule has 1 aromatic carbocycles. The number of rotatable bonds is 7. The molecule has 34 heavy (non-hydrogen) atoms. The van der Waals surface area contributed by atoms with Crippen molar-refractivity contribution in [3.8, 4) is 11.5 Å². The van der Waals surface area contributed by atoms with Crippen LogP contribution in [0.1, 0.15) is 19.9 Å². The average Bonchev–Trinajstić information content (AvgIpc) is 3.30. The minimum atomic E-state index is -3.77. The molecule has 174 valence electrons. The second-order valence-corrected chi connectivity index (χ2v) is 9.17. The predicted molar refractivity (Wildman–Crippen MR) is 128 cm³/mol. The third-order valence-electron chi connectivity index (χ3n) is 4.66. The lowest BCUT2D eigenvalue weighted by atomic mass is 10.3. The Balaban J connectivity index is 1.45. The monoisotopic (exact) mass is 478 g/mol. The molecule has 0 aliphatic rings. The zero-order valence-electron chi connectivity index (χ0n) is 18.4. The van der Waals surface area contributed by atoms with Crippen LogP contribution in [-0.2, 0) is 10.0 Å². The molecule has 2 amide bonds. The third kappa shape index (κ3) is 5.35. The maximum Gasteiger partial charge on any atom is 0.326 e. The minimum absolute atomic E-state index is 0.123. The summed E-state index contributed by atoms with van der Waals surface area (Å²) in [5.41, 5.74) is 0.807. The number of carbonyl (C=O) groups is 1. The van der Waals surface area contributed by atoms with Gasteiger partial charge in [0.2, 0.25) is 0 Å². The number of anilines is 3. The maximum absolute atomic E-state index is 12.5. The molecule has 3 heterocycles. The van der Waals surface area contributed by atoms with Gasteiger partial charge in [-0.15, -0.1) is 10.2 Å². The lowest BCUT2D eigenvalue weighted by Gasteiger charge is -2.11. The molecule has 0 saturated heterocycles. The molecule has 0 radical (unpaired) electrons. The van der Waals surface area contributed by atoms with Crippen LogP contribution in [0.25, 0.3) is 11.5 Å². The molecule has 11 nitrogen and oxygen atoms in total. The topological polar surface area (TPSA) is 144 Å².